The number of ether oxygens (including phenoxy) is 1. The number of nitrogens with one attached hydrogen (secondary N) is 2. The molecule has 0 aromatic heterocycles. The van der Waals surface area contributed by atoms with Gasteiger partial charge in [-0.15, -0.1) is 0 Å². The standard InChI is InChI=1S/C27H34N2O5/c1-2-11-24(26(31)32)29-25(30)16-5-3-4-10-17-28-27(33)34-18-23-21-14-8-6-12-19(21)20-13-7-9-15-22(20)23/h6-9,12-15,23-24H,2-5,10-11,16-18H2,1H3,(H,28,33)(H,29,30)(H,31,32)/t24-/m1/s1. The van der Waals surface area contributed by atoms with E-state index in [0.29, 0.717) is 38.8 Å². The van der Waals surface area contributed by atoms with Crippen molar-refractivity contribution >= 4 is 18.0 Å². The van der Waals surface area contributed by atoms with E-state index >= 15 is 0 Å². The molecular weight excluding hydrogens is 432 g/mol. The van der Waals surface area contributed by atoms with Gasteiger partial charge in [0.2, 0.25) is 5.91 Å². The molecular formula is C27H34N2O5. The number of carboxylic acids is 1. The molecule has 182 valence electrons. The number of hydrogen-bond donors (Lipinski definition) is 3. The third-order valence-electron chi connectivity index (χ3n) is 6.15. The van der Waals surface area contributed by atoms with Gasteiger partial charge in [0, 0.05) is 18.9 Å². The van der Waals surface area contributed by atoms with Gasteiger partial charge in [0.15, 0.2) is 0 Å². The van der Waals surface area contributed by atoms with Crippen molar-refractivity contribution in [1.29, 1.82) is 0 Å². The Labute approximate surface area is 200 Å². The molecule has 1 aliphatic rings. The maximum atomic E-state index is 12.2. The zero-order valence-electron chi connectivity index (χ0n) is 19.7. The van der Waals surface area contributed by atoms with Crippen LogP contribution in [-0.4, -0.2) is 42.3 Å². The van der Waals surface area contributed by atoms with Crippen molar-refractivity contribution in [2.45, 2.75) is 63.8 Å². The molecule has 2 amide bonds. The van der Waals surface area contributed by atoms with Crippen LogP contribution in [0.4, 0.5) is 4.79 Å². The minimum Gasteiger partial charge on any atom is -0.480 e. The maximum Gasteiger partial charge on any atom is 0.407 e. The van der Waals surface area contributed by atoms with Crippen LogP contribution in [0, 0.1) is 0 Å². The number of rotatable bonds is 13. The summed E-state index contributed by atoms with van der Waals surface area (Å²) in [6.07, 6.45) is 4.22. The topological polar surface area (TPSA) is 105 Å². The van der Waals surface area contributed by atoms with E-state index < -0.39 is 18.1 Å². The molecule has 0 heterocycles. The van der Waals surface area contributed by atoms with Crippen LogP contribution in [0.15, 0.2) is 48.5 Å². The van der Waals surface area contributed by atoms with Crippen molar-refractivity contribution in [1.82, 2.24) is 10.6 Å². The molecule has 7 heteroatoms. The van der Waals surface area contributed by atoms with Crippen LogP contribution in [0.25, 0.3) is 11.1 Å². The van der Waals surface area contributed by atoms with Crippen molar-refractivity contribution in [3.8, 4) is 11.1 Å². The number of unbranched alkanes of at least 4 members (excludes halogenated alkanes) is 3. The second kappa shape index (κ2) is 12.8. The molecule has 2 aromatic carbocycles. The van der Waals surface area contributed by atoms with Crippen molar-refractivity contribution in [3.63, 3.8) is 0 Å². The highest BCUT2D eigenvalue weighted by molar-refractivity contribution is 5.83. The number of fused-ring (bicyclic) bond motifs is 3. The Kier molecular flexibility index (Phi) is 9.50. The Morgan fingerprint density at radius 1 is 0.941 bits per heavy atom. The Balaban J connectivity index is 1.30. The molecule has 0 aliphatic heterocycles. The van der Waals surface area contributed by atoms with Gasteiger partial charge in [-0.05, 0) is 41.5 Å². The molecule has 1 aliphatic carbocycles. The van der Waals surface area contributed by atoms with Crippen LogP contribution in [0.3, 0.4) is 0 Å². The van der Waals surface area contributed by atoms with Crippen LogP contribution in [0.1, 0.15) is 68.9 Å². The third kappa shape index (κ3) is 6.83. The van der Waals surface area contributed by atoms with Gasteiger partial charge in [-0.25, -0.2) is 9.59 Å². The lowest BCUT2D eigenvalue weighted by Crippen LogP contribution is -2.40. The van der Waals surface area contributed by atoms with E-state index in [1.807, 2.05) is 31.2 Å². The first-order chi connectivity index (χ1) is 16.5. The van der Waals surface area contributed by atoms with Gasteiger partial charge < -0.3 is 20.5 Å². The van der Waals surface area contributed by atoms with Gasteiger partial charge in [0.1, 0.15) is 12.6 Å². The van der Waals surface area contributed by atoms with Gasteiger partial charge >= 0.3 is 12.1 Å². The molecule has 0 unspecified atom stereocenters. The van der Waals surface area contributed by atoms with E-state index in [1.54, 1.807) is 0 Å². The molecule has 1 atom stereocenters. The Hall–Kier alpha value is -3.35. The second-order valence-electron chi connectivity index (χ2n) is 8.66. The summed E-state index contributed by atoms with van der Waals surface area (Å²) >= 11 is 0. The average Bonchev–Trinajstić information content (AvgIpc) is 3.15. The number of carbonyl (C=O) groups excluding carboxylic acids is 2. The highest BCUT2D eigenvalue weighted by Gasteiger charge is 2.28. The lowest BCUT2D eigenvalue weighted by atomic mass is 9.98. The first kappa shape index (κ1) is 25.3. The van der Waals surface area contributed by atoms with Crippen LogP contribution in [0.2, 0.25) is 0 Å². The monoisotopic (exact) mass is 466 g/mol. The molecule has 34 heavy (non-hydrogen) atoms. The molecule has 0 saturated heterocycles. The number of hydrogen-bond acceptors (Lipinski definition) is 4. The summed E-state index contributed by atoms with van der Waals surface area (Å²) in [5, 5.41) is 14.5. The van der Waals surface area contributed by atoms with Crippen molar-refractivity contribution < 1.29 is 24.2 Å². The molecule has 0 spiro atoms. The number of alkyl carbamates (subject to hydrolysis) is 1. The largest absolute Gasteiger partial charge is 0.480 e. The molecule has 0 fully saturated rings. The van der Waals surface area contributed by atoms with Crippen LogP contribution in [0.5, 0.6) is 0 Å². The number of amides is 2. The number of carboxylic acid groups (broad SMARTS) is 1. The number of benzene rings is 2. The SMILES string of the molecule is CCC[C@@H](NC(=O)CCCCCCNC(=O)OCC1c2ccccc2-c2ccccc21)C(=O)O. The quantitative estimate of drug-likeness (QED) is 0.366. The summed E-state index contributed by atoms with van der Waals surface area (Å²) in [5.74, 6) is -1.17. The van der Waals surface area contributed by atoms with E-state index in [0.717, 1.165) is 19.3 Å². The molecule has 7 nitrogen and oxygen atoms in total. The van der Waals surface area contributed by atoms with Crippen LogP contribution in [-0.2, 0) is 14.3 Å². The Bertz CT molecular complexity index is 945. The highest BCUT2D eigenvalue weighted by atomic mass is 16.5. The van der Waals surface area contributed by atoms with Crippen molar-refractivity contribution in [3.05, 3.63) is 59.7 Å². The Morgan fingerprint density at radius 2 is 1.56 bits per heavy atom. The minimum absolute atomic E-state index is 0.0438. The summed E-state index contributed by atoms with van der Waals surface area (Å²) in [6.45, 7) is 2.70. The normalized spacial score (nSPS) is 13.0. The second-order valence-corrected chi connectivity index (χ2v) is 8.66. The predicted octanol–water partition coefficient (Wildman–Crippen LogP) is 4.85. The van der Waals surface area contributed by atoms with E-state index in [2.05, 4.69) is 34.9 Å². The molecule has 3 rings (SSSR count). The fourth-order valence-electron chi connectivity index (χ4n) is 4.42. The lowest BCUT2D eigenvalue weighted by Gasteiger charge is -2.14. The van der Waals surface area contributed by atoms with Gasteiger partial charge in [0.05, 0.1) is 0 Å². The Morgan fingerprint density at radius 3 is 2.18 bits per heavy atom. The van der Waals surface area contributed by atoms with Gasteiger partial charge in [-0.3, -0.25) is 4.79 Å². The lowest BCUT2D eigenvalue weighted by molar-refractivity contribution is -0.142. The summed E-state index contributed by atoms with van der Waals surface area (Å²) < 4.78 is 5.52. The van der Waals surface area contributed by atoms with E-state index in [9.17, 15) is 14.4 Å². The summed E-state index contributed by atoms with van der Waals surface area (Å²) in [4.78, 5) is 35.2. The molecule has 2 aromatic rings. The third-order valence-corrected chi connectivity index (χ3v) is 6.15. The summed E-state index contributed by atoms with van der Waals surface area (Å²) in [7, 11) is 0. The van der Waals surface area contributed by atoms with Crippen LogP contribution < -0.4 is 10.6 Å². The fraction of sp³-hybridized carbons (Fsp3) is 0.444. The van der Waals surface area contributed by atoms with Crippen molar-refractivity contribution in [2.75, 3.05) is 13.2 Å². The van der Waals surface area contributed by atoms with Crippen LogP contribution >= 0.6 is 0 Å². The average molecular weight is 467 g/mol. The van der Waals surface area contributed by atoms with E-state index in [1.165, 1.54) is 22.3 Å². The fourth-order valence-corrected chi connectivity index (χ4v) is 4.42. The van der Waals surface area contributed by atoms with E-state index in [4.69, 9.17) is 9.84 Å². The summed E-state index contributed by atoms with van der Waals surface area (Å²) in [6, 6.07) is 15.7. The van der Waals surface area contributed by atoms with E-state index in [-0.39, 0.29) is 11.8 Å². The molecule has 0 radical (unpaired) electrons. The van der Waals surface area contributed by atoms with Gasteiger partial charge in [-0.1, -0.05) is 74.7 Å². The first-order valence-corrected chi connectivity index (χ1v) is 12.1. The van der Waals surface area contributed by atoms with Gasteiger partial charge in [0.25, 0.3) is 0 Å². The molecule has 0 saturated carbocycles. The molecule has 3 N–H and O–H groups in total. The first-order valence-electron chi connectivity index (χ1n) is 12.1. The summed E-state index contributed by atoms with van der Waals surface area (Å²) in [5.41, 5.74) is 4.77. The highest BCUT2D eigenvalue weighted by Crippen LogP contribution is 2.44. The van der Waals surface area contributed by atoms with Crippen molar-refractivity contribution in [2.24, 2.45) is 0 Å². The van der Waals surface area contributed by atoms with Gasteiger partial charge in [-0.2, -0.15) is 0 Å². The maximum absolute atomic E-state index is 12.2. The minimum atomic E-state index is -0.991. The molecule has 0 bridgehead atoms. The zero-order valence-corrected chi connectivity index (χ0v) is 19.7. The number of aliphatic carboxylic acids is 1. The predicted molar refractivity (Wildman–Crippen MR) is 131 cm³/mol. The smallest absolute Gasteiger partial charge is 0.407 e. The zero-order chi connectivity index (χ0) is 24.3. The number of carbonyl (C=O) groups is 3.